The first kappa shape index (κ1) is 13.2. The van der Waals surface area contributed by atoms with Crippen LogP contribution in [0.3, 0.4) is 0 Å². The number of anilines is 1. The van der Waals surface area contributed by atoms with Gasteiger partial charge in [-0.15, -0.1) is 11.8 Å². The smallest absolute Gasteiger partial charge is 0.307 e. The Labute approximate surface area is 114 Å². The average molecular weight is 286 g/mol. The summed E-state index contributed by atoms with van der Waals surface area (Å²) in [5.74, 6) is -0.543. The van der Waals surface area contributed by atoms with Gasteiger partial charge in [0.05, 0.1) is 24.0 Å². The number of nitrogens with one attached hydrogen (secondary N) is 1. The summed E-state index contributed by atoms with van der Waals surface area (Å²) in [6.45, 7) is 2.06. The molecular formula is C12H12ClNO3S. The molecule has 0 spiro atoms. The van der Waals surface area contributed by atoms with Crippen molar-refractivity contribution in [1.82, 2.24) is 0 Å². The lowest BCUT2D eigenvalue weighted by Gasteiger charge is -2.23. The molecule has 1 heterocycles. The molecule has 0 saturated heterocycles. The van der Waals surface area contributed by atoms with Crippen molar-refractivity contribution in [2.45, 2.75) is 23.5 Å². The summed E-state index contributed by atoms with van der Waals surface area (Å²) in [5, 5.41) is 2.90. The van der Waals surface area contributed by atoms with Gasteiger partial charge >= 0.3 is 5.97 Å². The molecule has 0 bridgehead atoms. The van der Waals surface area contributed by atoms with E-state index in [1.165, 1.54) is 11.8 Å². The van der Waals surface area contributed by atoms with Gasteiger partial charge in [0, 0.05) is 9.92 Å². The van der Waals surface area contributed by atoms with Gasteiger partial charge in [0.15, 0.2) is 0 Å². The Morgan fingerprint density at radius 3 is 3.06 bits per heavy atom. The first-order valence-corrected chi connectivity index (χ1v) is 6.78. The molecule has 6 heteroatoms. The zero-order chi connectivity index (χ0) is 13.1. The lowest BCUT2D eigenvalue weighted by atomic mass is 10.2. The maximum Gasteiger partial charge on any atom is 0.307 e. The van der Waals surface area contributed by atoms with Crippen LogP contribution in [0.5, 0.6) is 0 Å². The second-order valence-electron chi connectivity index (χ2n) is 3.75. The summed E-state index contributed by atoms with van der Waals surface area (Å²) in [5.41, 5.74) is 0.731. The molecule has 0 fully saturated rings. The average Bonchev–Trinajstić information content (AvgIpc) is 2.31. The summed E-state index contributed by atoms with van der Waals surface area (Å²) in [6, 6.07) is 5.25. The van der Waals surface area contributed by atoms with Crippen LogP contribution in [0.15, 0.2) is 23.1 Å². The molecule has 0 radical (unpaired) electrons. The van der Waals surface area contributed by atoms with Crippen LogP contribution in [0.25, 0.3) is 0 Å². The van der Waals surface area contributed by atoms with Gasteiger partial charge < -0.3 is 10.1 Å². The number of carbonyl (C=O) groups excluding carboxylic acids is 2. The molecule has 2 rings (SSSR count). The Hall–Kier alpha value is -1.20. The number of halogens is 1. The summed E-state index contributed by atoms with van der Waals surface area (Å²) in [7, 11) is 0. The molecule has 4 nitrogen and oxygen atoms in total. The normalized spacial score (nSPS) is 17.9. The van der Waals surface area contributed by atoms with Crippen molar-refractivity contribution >= 4 is 40.9 Å². The number of carbonyl (C=O) groups is 2. The first-order chi connectivity index (χ1) is 8.60. The van der Waals surface area contributed by atoms with Gasteiger partial charge in [-0.3, -0.25) is 9.59 Å². The number of rotatable bonds is 3. The number of benzene rings is 1. The van der Waals surface area contributed by atoms with Gasteiger partial charge in [0.25, 0.3) is 0 Å². The van der Waals surface area contributed by atoms with Crippen LogP contribution in [0.1, 0.15) is 13.3 Å². The van der Waals surface area contributed by atoms with Crippen LogP contribution in [0.4, 0.5) is 5.69 Å². The molecule has 0 aliphatic carbocycles. The fourth-order valence-electron chi connectivity index (χ4n) is 1.62. The molecule has 1 aromatic rings. The van der Waals surface area contributed by atoms with Crippen LogP contribution < -0.4 is 5.32 Å². The first-order valence-electron chi connectivity index (χ1n) is 5.53. The summed E-state index contributed by atoms with van der Waals surface area (Å²) >= 11 is 7.23. The number of hydrogen-bond donors (Lipinski definition) is 1. The highest BCUT2D eigenvalue weighted by atomic mass is 35.5. The molecule has 18 heavy (non-hydrogen) atoms. The van der Waals surface area contributed by atoms with Crippen LogP contribution in [-0.4, -0.2) is 23.7 Å². The largest absolute Gasteiger partial charge is 0.466 e. The Kier molecular flexibility index (Phi) is 4.14. The number of hydrogen-bond acceptors (Lipinski definition) is 4. The van der Waals surface area contributed by atoms with Crippen molar-refractivity contribution in [3.63, 3.8) is 0 Å². The van der Waals surface area contributed by atoms with Crippen LogP contribution in [0.2, 0.25) is 5.02 Å². The van der Waals surface area contributed by atoms with Crippen molar-refractivity contribution in [2.75, 3.05) is 11.9 Å². The second kappa shape index (κ2) is 5.63. The lowest BCUT2D eigenvalue weighted by molar-refractivity contribution is -0.143. The molecule has 1 atom stereocenters. The van der Waals surface area contributed by atoms with Gasteiger partial charge in [-0.2, -0.15) is 0 Å². The second-order valence-corrected chi connectivity index (χ2v) is 5.43. The van der Waals surface area contributed by atoms with Gasteiger partial charge in [0.1, 0.15) is 0 Å². The molecule has 1 amide bonds. The molecular weight excluding hydrogens is 274 g/mol. The fraction of sp³-hybridized carbons (Fsp3) is 0.333. The van der Waals surface area contributed by atoms with Crippen LogP contribution in [-0.2, 0) is 14.3 Å². The molecule has 0 aromatic heterocycles. The summed E-state index contributed by atoms with van der Waals surface area (Å²) in [4.78, 5) is 24.1. The summed E-state index contributed by atoms with van der Waals surface area (Å²) < 4.78 is 4.85. The van der Waals surface area contributed by atoms with Crippen molar-refractivity contribution < 1.29 is 14.3 Å². The number of ether oxygens (including phenoxy) is 1. The number of fused-ring (bicyclic) bond motifs is 1. The van der Waals surface area contributed by atoms with E-state index in [9.17, 15) is 9.59 Å². The van der Waals surface area contributed by atoms with E-state index in [0.717, 1.165) is 10.6 Å². The monoisotopic (exact) mass is 285 g/mol. The van der Waals surface area contributed by atoms with E-state index >= 15 is 0 Å². The third-order valence-corrected chi connectivity index (χ3v) is 3.91. The highest BCUT2D eigenvalue weighted by molar-refractivity contribution is 8.01. The molecule has 1 N–H and O–H groups in total. The van der Waals surface area contributed by atoms with Crippen LogP contribution >= 0.6 is 23.4 Å². The van der Waals surface area contributed by atoms with Crippen LogP contribution in [0, 0.1) is 0 Å². The zero-order valence-corrected chi connectivity index (χ0v) is 11.3. The minimum Gasteiger partial charge on any atom is -0.466 e. The maximum atomic E-state index is 11.8. The van der Waals surface area contributed by atoms with E-state index in [1.54, 1.807) is 25.1 Å². The Balaban J connectivity index is 2.12. The van der Waals surface area contributed by atoms with Crippen molar-refractivity contribution in [2.24, 2.45) is 0 Å². The van der Waals surface area contributed by atoms with E-state index < -0.39 is 5.25 Å². The molecule has 1 aliphatic heterocycles. The van der Waals surface area contributed by atoms with Gasteiger partial charge in [-0.25, -0.2) is 0 Å². The molecule has 96 valence electrons. The van der Waals surface area contributed by atoms with Gasteiger partial charge in [-0.1, -0.05) is 11.6 Å². The predicted octanol–water partition coefficient (Wildman–Crippen LogP) is 2.71. The van der Waals surface area contributed by atoms with Gasteiger partial charge in [-0.05, 0) is 25.1 Å². The van der Waals surface area contributed by atoms with Crippen molar-refractivity contribution in [3.8, 4) is 0 Å². The Morgan fingerprint density at radius 1 is 1.56 bits per heavy atom. The highest BCUT2D eigenvalue weighted by Crippen LogP contribution is 2.38. The third-order valence-electron chi connectivity index (χ3n) is 2.42. The molecule has 1 unspecified atom stereocenters. The van der Waals surface area contributed by atoms with Crippen molar-refractivity contribution in [3.05, 3.63) is 23.2 Å². The highest BCUT2D eigenvalue weighted by Gasteiger charge is 2.29. The zero-order valence-electron chi connectivity index (χ0n) is 9.73. The topological polar surface area (TPSA) is 55.4 Å². The minimum absolute atomic E-state index is 0.0658. The standard InChI is InChI=1S/C12H12ClNO3S/c1-2-17-11(15)6-10-12(16)14-8-4-3-7(13)5-9(8)18-10/h3-5,10H,2,6H2,1H3,(H,14,16). The Morgan fingerprint density at radius 2 is 2.33 bits per heavy atom. The summed E-state index contributed by atoms with van der Waals surface area (Å²) in [6.07, 6.45) is 0.0658. The number of esters is 1. The van der Waals surface area contributed by atoms with Crippen molar-refractivity contribution in [1.29, 1.82) is 0 Å². The van der Waals surface area contributed by atoms with E-state index in [0.29, 0.717) is 11.6 Å². The number of amides is 1. The minimum atomic E-state index is -0.463. The Bertz CT molecular complexity index is 492. The van der Waals surface area contributed by atoms with E-state index in [1.807, 2.05) is 0 Å². The third kappa shape index (κ3) is 2.97. The SMILES string of the molecule is CCOC(=O)CC1Sc2cc(Cl)ccc2NC1=O. The van der Waals surface area contributed by atoms with E-state index in [4.69, 9.17) is 16.3 Å². The predicted molar refractivity (Wildman–Crippen MR) is 71.0 cm³/mol. The van der Waals surface area contributed by atoms with Gasteiger partial charge in [0.2, 0.25) is 5.91 Å². The quantitative estimate of drug-likeness (QED) is 0.868. The van der Waals surface area contributed by atoms with E-state index in [-0.39, 0.29) is 18.3 Å². The molecule has 0 saturated carbocycles. The lowest BCUT2D eigenvalue weighted by Crippen LogP contribution is -2.31. The molecule has 1 aliphatic rings. The number of thioether (sulfide) groups is 1. The van der Waals surface area contributed by atoms with E-state index in [2.05, 4.69) is 5.32 Å². The maximum absolute atomic E-state index is 11.8. The molecule has 1 aromatic carbocycles. The fourth-order valence-corrected chi connectivity index (χ4v) is 2.99.